The van der Waals surface area contributed by atoms with Crippen molar-refractivity contribution in [1.82, 2.24) is 10.6 Å². The number of carboxylic acid groups (broad SMARTS) is 1. The number of carbonyl (C=O) groups is 3. The number of fused-ring (bicyclic) bond motifs is 2. The number of nitrogens with one attached hydrogen (secondary N) is 2. The van der Waals surface area contributed by atoms with Gasteiger partial charge in [0.05, 0.1) is 18.2 Å². The Hall–Kier alpha value is -5.25. The van der Waals surface area contributed by atoms with Crippen LogP contribution in [0.3, 0.4) is 0 Å². The Labute approximate surface area is 232 Å². The summed E-state index contributed by atoms with van der Waals surface area (Å²) in [7, 11) is 0. The number of benzene rings is 3. The van der Waals surface area contributed by atoms with Gasteiger partial charge in [-0.2, -0.15) is 0 Å². The lowest BCUT2D eigenvalue weighted by atomic mass is 9.99. The molecule has 3 N–H and O–H groups in total. The molecule has 2 aromatic heterocycles. The number of aliphatic carboxylic acids is 1. The topological polar surface area (TPSA) is 139 Å². The summed E-state index contributed by atoms with van der Waals surface area (Å²) in [5.74, 6) is -2.86. The van der Waals surface area contributed by atoms with Crippen molar-refractivity contribution in [2.24, 2.45) is 0 Å². The number of rotatable bonds is 9. The minimum absolute atomic E-state index is 0.116. The van der Waals surface area contributed by atoms with E-state index < -0.39 is 36.0 Å². The normalized spacial score (nSPS) is 11.9. The summed E-state index contributed by atoms with van der Waals surface area (Å²) in [4.78, 5) is 49.7. The first-order chi connectivity index (χ1) is 19.7. The van der Waals surface area contributed by atoms with E-state index in [9.17, 15) is 23.6 Å². The molecule has 1 atom stereocenters. The molecule has 0 unspecified atom stereocenters. The molecular formula is C31H25FN2O7. The van der Waals surface area contributed by atoms with Gasteiger partial charge in [0, 0.05) is 28.8 Å². The van der Waals surface area contributed by atoms with Crippen LogP contribution in [0, 0.1) is 12.7 Å². The van der Waals surface area contributed by atoms with E-state index in [1.165, 1.54) is 12.1 Å². The highest BCUT2D eigenvalue weighted by Crippen LogP contribution is 2.34. The van der Waals surface area contributed by atoms with E-state index in [0.717, 1.165) is 22.1 Å². The van der Waals surface area contributed by atoms with Crippen molar-refractivity contribution in [2.45, 2.75) is 25.8 Å². The number of hydrogen-bond donors (Lipinski definition) is 3. The van der Waals surface area contributed by atoms with Gasteiger partial charge in [-0.1, -0.05) is 42.5 Å². The highest BCUT2D eigenvalue weighted by molar-refractivity contribution is 6.02. The van der Waals surface area contributed by atoms with Crippen molar-refractivity contribution in [3.63, 3.8) is 0 Å². The van der Waals surface area contributed by atoms with E-state index in [-0.39, 0.29) is 29.8 Å². The first-order valence-corrected chi connectivity index (χ1v) is 12.8. The van der Waals surface area contributed by atoms with Crippen LogP contribution in [0.2, 0.25) is 0 Å². The number of furan rings is 1. The summed E-state index contributed by atoms with van der Waals surface area (Å²) in [6.07, 6.45) is 1.30. The van der Waals surface area contributed by atoms with Crippen LogP contribution in [-0.2, 0) is 27.2 Å². The Kier molecular flexibility index (Phi) is 7.64. The number of carbonyl (C=O) groups excluding carboxylic acids is 2. The fourth-order valence-electron chi connectivity index (χ4n) is 4.72. The third-order valence-electron chi connectivity index (χ3n) is 6.82. The average Bonchev–Trinajstić information content (AvgIpc) is 3.36. The maximum atomic E-state index is 13.4. The fraction of sp³-hybridized carbons (Fsp3) is 0.161. The average molecular weight is 557 g/mol. The zero-order valence-corrected chi connectivity index (χ0v) is 21.9. The fourth-order valence-corrected chi connectivity index (χ4v) is 4.72. The predicted molar refractivity (Wildman–Crippen MR) is 149 cm³/mol. The quantitative estimate of drug-likeness (QED) is 0.232. The third kappa shape index (κ3) is 6.01. The summed E-state index contributed by atoms with van der Waals surface area (Å²) in [5.41, 5.74) is 2.91. The van der Waals surface area contributed by atoms with Crippen LogP contribution in [-0.4, -0.2) is 35.5 Å². The third-order valence-corrected chi connectivity index (χ3v) is 6.82. The summed E-state index contributed by atoms with van der Waals surface area (Å²) >= 11 is 0. The van der Waals surface area contributed by atoms with Crippen molar-refractivity contribution in [3.05, 3.63) is 106 Å². The number of hydrogen-bond acceptors (Lipinski definition) is 6. The molecule has 0 fully saturated rings. The Morgan fingerprint density at radius 3 is 2.41 bits per heavy atom. The molecule has 10 heteroatoms. The van der Waals surface area contributed by atoms with E-state index >= 15 is 0 Å². The number of halogens is 1. The van der Waals surface area contributed by atoms with Crippen LogP contribution in [0.4, 0.5) is 4.39 Å². The van der Waals surface area contributed by atoms with Crippen LogP contribution in [0.1, 0.15) is 16.7 Å². The van der Waals surface area contributed by atoms with Gasteiger partial charge in [-0.15, -0.1) is 0 Å². The molecule has 0 saturated heterocycles. The van der Waals surface area contributed by atoms with Crippen molar-refractivity contribution in [2.75, 3.05) is 6.54 Å². The van der Waals surface area contributed by atoms with Crippen molar-refractivity contribution in [1.29, 1.82) is 0 Å². The van der Waals surface area contributed by atoms with Gasteiger partial charge in [0.1, 0.15) is 29.6 Å². The maximum absolute atomic E-state index is 13.4. The van der Waals surface area contributed by atoms with Gasteiger partial charge in [-0.05, 0) is 41.8 Å². The molecule has 0 aliphatic heterocycles. The zero-order valence-electron chi connectivity index (χ0n) is 21.9. The second-order valence-corrected chi connectivity index (χ2v) is 9.59. The van der Waals surface area contributed by atoms with Crippen LogP contribution in [0.25, 0.3) is 33.1 Å². The van der Waals surface area contributed by atoms with Gasteiger partial charge in [-0.25, -0.2) is 9.18 Å². The molecule has 2 heterocycles. The lowest BCUT2D eigenvalue weighted by Gasteiger charge is -2.18. The summed E-state index contributed by atoms with van der Waals surface area (Å²) in [6, 6.07) is 17.2. The molecule has 0 aliphatic rings. The number of aryl methyl sites for hydroxylation is 1. The Morgan fingerprint density at radius 1 is 0.976 bits per heavy atom. The zero-order chi connectivity index (χ0) is 29.1. The van der Waals surface area contributed by atoms with Crippen molar-refractivity contribution in [3.8, 4) is 11.1 Å². The van der Waals surface area contributed by atoms with E-state index in [0.29, 0.717) is 16.5 Å². The maximum Gasteiger partial charge on any atom is 0.340 e. The largest absolute Gasteiger partial charge is 0.480 e. The Morgan fingerprint density at radius 2 is 1.71 bits per heavy atom. The summed E-state index contributed by atoms with van der Waals surface area (Å²) in [6.45, 7) is 1.10. The highest BCUT2D eigenvalue weighted by atomic mass is 19.1. The molecule has 3 aromatic carbocycles. The molecule has 0 spiro atoms. The minimum atomic E-state index is -1.22. The lowest BCUT2D eigenvalue weighted by molar-refractivity contribution is -0.138. The van der Waals surface area contributed by atoms with E-state index in [1.807, 2.05) is 6.07 Å². The second kappa shape index (κ2) is 11.5. The number of amides is 2. The second-order valence-electron chi connectivity index (χ2n) is 9.59. The van der Waals surface area contributed by atoms with Crippen LogP contribution < -0.4 is 16.3 Å². The van der Waals surface area contributed by atoms with E-state index in [1.54, 1.807) is 61.7 Å². The van der Waals surface area contributed by atoms with Crippen molar-refractivity contribution < 1.29 is 32.7 Å². The van der Waals surface area contributed by atoms with E-state index in [4.69, 9.17) is 13.9 Å². The molecule has 0 bridgehead atoms. The standard InChI is InChI=1S/C31H25FN2O7/c1-17-21-12-23-24(19-7-9-20(32)10-8-19)16-40-26(23)14-27(21)41-31(39)22(17)13-28(35)34-25(30(38)33-15-29(36)37)11-18-5-3-2-4-6-18/h2-10,12,14,16,25H,11,13,15H2,1H3,(H,33,38)(H,34,35)(H,36,37)/t25-/m1/s1. The molecule has 0 radical (unpaired) electrons. The lowest BCUT2D eigenvalue weighted by Crippen LogP contribution is -2.49. The molecule has 9 nitrogen and oxygen atoms in total. The smallest absolute Gasteiger partial charge is 0.340 e. The molecule has 5 rings (SSSR count). The van der Waals surface area contributed by atoms with Gasteiger partial charge in [0.15, 0.2) is 0 Å². The molecular weight excluding hydrogens is 531 g/mol. The monoisotopic (exact) mass is 556 g/mol. The summed E-state index contributed by atoms with van der Waals surface area (Å²) < 4.78 is 24.7. The van der Waals surface area contributed by atoms with Gasteiger partial charge >= 0.3 is 11.6 Å². The molecule has 41 heavy (non-hydrogen) atoms. The highest BCUT2D eigenvalue weighted by Gasteiger charge is 2.24. The molecule has 0 aliphatic carbocycles. The molecule has 2 amide bonds. The van der Waals surface area contributed by atoms with Gasteiger partial charge < -0.3 is 24.6 Å². The van der Waals surface area contributed by atoms with Crippen LogP contribution >= 0.6 is 0 Å². The van der Waals surface area contributed by atoms with Gasteiger partial charge in [-0.3, -0.25) is 14.4 Å². The first kappa shape index (κ1) is 27.3. The number of carboxylic acids is 1. The van der Waals surface area contributed by atoms with E-state index in [2.05, 4.69) is 10.6 Å². The minimum Gasteiger partial charge on any atom is -0.480 e. The van der Waals surface area contributed by atoms with Gasteiger partial charge in [0.25, 0.3) is 0 Å². The molecule has 5 aromatic rings. The Balaban J connectivity index is 1.44. The van der Waals surface area contributed by atoms with Crippen LogP contribution in [0.15, 0.2) is 86.6 Å². The Bertz CT molecular complexity index is 1830. The molecule has 208 valence electrons. The molecule has 0 saturated carbocycles. The predicted octanol–water partition coefficient (Wildman–Crippen LogP) is 4.12. The van der Waals surface area contributed by atoms with Crippen molar-refractivity contribution >= 4 is 39.7 Å². The first-order valence-electron chi connectivity index (χ1n) is 12.8. The van der Waals surface area contributed by atoms with Gasteiger partial charge in [0.2, 0.25) is 11.8 Å². The SMILES string of the molecule is Cc1c(CC(=O)N[C@H](Cc2ccccc2)C(=O)NCC(=O)O)c(=O)oc2cc3occ(-c4ccc(F)cc4)c3cc12. The van der Waals surface area contributed by atoms with Crippen LogP contribution in [0.5, 0.6) is 0 Å². The summed E-state index contributed by atoms with van der Waals surface area (Å²) in [5, 5.41) is 15.2.